The summed E-state index contributed by atoms with van der Waals surface area (Å²) in [6.07, 6.45) is 6.66. The topological polar surface area (TPSA) is 120 Å². The molecule has 0 aliphatic carbocycles. The Bertz CT molecular complexity index is 1200. The molecule has 1 N–H and O–H groups in total. The molecule has 3 aromatic heterocycles. The number of nitrogens with zero attached hydrogens (tertiary/aromatic N) is 5. The molecule has 0 unspecified atom stereocenters. The Kier molecular flexibility index (Phi) is 4.70. The summed E-state index contributed by atoms with van der Waals surface area (Å²) in [7, 11) is 0. The molecule has 4 rings (SSSR count). The number of benzene rings is 1. The van der Waals surface area contributed by atoms with Gasteiger partial charge in [-0.2, -0.15) is 0 Å². The van der Waals surface area contributed by atoms with Gasteiger partial charge in [-0.3, -0.25) is 15.1 Å². The molecule has 9 nitrogen and oxygen atoms in total. The standard InChI is InChI=1S/C20H16N6O3/c1-12-3-4-16(26(27)28)8-18(12)25-20-22-6-5-17(24-20)14-7-15(11-21-10-14)19-13(2)9-23-29-19/h3-11H,1-2H3,(H,22,24,25). The molecule has 0 aliphatic heterocycles. The smallest absolute Gasteiger partial charge is 0.271 e. The van der Waals surface area contributed by atoms with E-state index in [0.717, 1.165) is 22.3 Å². The summed E-state index contributed by atoms with van der Waals surface area (Å²) >= 11 is 0. The van der Waals surface area contributed by atoms with Crippen LogP contribution in [0.3, 0.4) is 0 Å². The van der Waals surface area contributed by atoms with Crippen molar-refractivity contribution in [2.45, 2.75) is 13.8 Å². The highest BCUT2D eigenvalue weighted by atomic mass is 16.6. The minimum Gasteiger partial charge on any atom is -0.356 e. The van der Waals surface area contributed by atoms with E-state index in [-0.39, 0.29) is 5.69 Å². The highest BCUT2D eigenvalue weighted by Gasteiger charge is 2.12. The summed E-state index contributed by atoms with van der Waals surface area (Å²) in [5.41, 5.74) is 4.54. The van der Waals surface area contributed by atoms with Crippen molar-refractivity contribution < 1.29 is 9.45 Å². The summed E-state index contributed by atoms with van der Waals surface area (Å²) in [4.78, 5) is 23.6. The van der Waals surface area contributed by atoms with E-state index in [2.05, 4.69) is 25.4 Å². The zero-order valence-electron chi connectivity index (χ0n) is 15.7. The van der Waals surface area contributed by atoms with Gasteiger partial charge in [-0.05, 0) is 31.5 Å². The lowest BCUT2D eigenvalue weighted by atomic mass is 10.1. The Hall–Kier alpha value is -4.14. The average molecular weight is 388 g/mol. The van der Waals surface area contributed by atoms with E-state index < -0.39 is 4.92 Å². The van der Waals surface area contributed by atoms with Gasteiger partial charge in [0, 0.05) is 47.4 Å². The molecule has 0 aliphatic rings. The van der Waals surface area contributed by atoms with Gasteiger partial charge < -0.3 is 9.84 Å². The number of nitro benzene ring substituents is 1. The summed E-state index contributed by atoms with van der Waals surface area (Å²) in [6, 6.07) is 8.27. The maximum atomic E-state index is 11.0. The van der Waals surface area contributed by atoms with Gasteiger partial charge in [-0.1, -0.05) is 11.2 Å². The zero-order valence-corrected chi connectivity index (χ0v) is 15.7. The van der Waals surface area contributed by atoms with Crippen molar-refractivity contribution in [3.8, 4) is 22.6 Å². The molecule has 0 amide bonds. The fourth-order valence-corrected chi connectivity index (χ4v) is 2.83. The molecule has 3 heterocycles. The van der Waals surface area contributed by atoms with E-state index in [1.165, 1.54) is 12.1 Å². The molecule has 0 fully saturated rings. The summed E-state index contributed by atoms with van der Waals surface area (Å²) in [5.74, 6) is 0.978. The molecule has 0 bridgehead atoms. The first kappa shape index (κ1) is 18.2. The predicted octanol–water partition coefficient (Wildman–Crippen LogP) is 4.46. The van der Waals surface area contributed by atoms with E-state index in [0.29, 0.717) is 23.1 Å². The fraction of sp³-hybridized carbons (Fsp3) is 0.100. The first-order chi connectivity index (χ1) is 14.0. The van der Waals surface area contributed by atoms with Crippen molar-refractivity contribution >= 4 is 17.3 Å². The van der Waals surface area contributed by atoms with Crippen molar-refractivity contribution in [2.75, 3.05) is 5.32 Å². The average Bonchev–Trinajstić information content (AvgIpc) is 3.16. The maximum Gasteiger partial charge on any atom is 0.271 e. The molecule has 0 saturated carbocycles. The number of non-ortho nitro benzene ring substituents is 1. The number of nitrogens with one attached hydrogen (secondary N) is 1. The van der Waals surface area contributed by atoms with Crippen LogP contribution in [0.2, 0.25) is 0 Å². The number of nitro groups is 1. The minimum atomic E-state index is -0.440. The SMILES string of the molecule is Cc1ccc([N+](=O)[O-])cc1Nc1nccc(-c2cncc(-c3oncc3C)c2)n1. The van der Waals surface area contributed by atoms with Crippen LogP contribution in [0.25, 0.3) is 22.6 Å². The van der Waals surface area contributed by atoms with Gasteiger partial charge in [0.05, 0.1) is 22.5 Å². The third kappa shape index (κ3) is 3.79. The summed E-state index contributed by atoms with van der Waals surface area (Å²) in [6.45, 7) is 3.76. The molecule has 1 aromatic carbocycles. The Balaban J connectivity index is 1.66. The molecule has 0 spiro atoms. The van der Waals surface area contributed by atoms with E-state index in [4.69, 9.17) is 4.52 Å². The van der Waals surface area contributed by atoms with E-state index in [9.17, 15) is 10.1 Å². The van der Waals surface area contributed by atoms with E-state index in [1.54, 1.807) is 36.9 Å². The lowest BCUT2D eigenvalue weighted by Crippen LogP contribution is -2.00. The van der Waals surface area contributed by atoms with Crippen LogP contribution in [0.4, 0.5) is 17.3 Å². The van der Waals surface area contributed by atoms with Crippen molar-refractivity contribution in [2.24, 2.45) is 0 Å². The molecular formula is C20H16N6O3. The van der Waals surface area contributed by atoms with Gasteiger partial charge >= 0.3 is 0 Å². The fourth-order valence-electron chi connectivity index (χ4n) is 2.83. The number of aryl methyl sites for hydroxylation is 2. The molecule has 0 radical (unpaired) electrons. The van der Waals surface area contributed by atoms with Gasteiger partial charge in [0.2, 0.25) is 5.95 Å². The first-order valence-electron chi connectivity index (χ1n) is 8.73. The van der Waals surface area contributed by atoms with Gasteiger partial charge in [0.1, 0.15) is 0 Å². The van der Waals surface area contributed by atoms with E-state index >= 15 is 0 Å². The van der Waals surface area contributed by atoms with Crippen LogP contribution in [-0.4, -0.2) is 25.0 Å². The number of aromatic nitrogens is 4. The molecule has 4 aromatic rings. The van der Waals surface area contributed by atoms with Crippen LogP contribution in [0, 0.1) is 24.0 Å². The normalized spacial score (nSPS) is 10.7. The Morgan fingerprint density at radius 1 is 1.03 bits per heavy atom. The summed E-state index contributed by atoms with van der Waals surface area (Å²) in [5, 5.41) is 17.9. The van der Waals surface area contributed by atoms with Gasteiger partial charge in [-0.15, -0.1) is 0 Å². The van der Waals surface area contributed by atoms with Crippen molar-refractivity contribution in [1.82, 2.24) is 20.1 Å². The second-order valence-corrected chi connectivity index (χ2v) is 6.45. The van der Waals surface area contributed by atoms with Crippen LogP contribution < -0.4 is 5.32 Å². The monoisotopic (exact) mass is 388 g/mol. The zero-order chi connectivity index (χ0) is 20.4. The highest BCUT2D eigenvalue weighted by molar-refractivity contribution is 5.69. The number of hydrogen-bond donors (Lipinski definition) is 1. The van der Waals surface area contributed by atoms with E-state index in [1.807, 2.05) is 19.9 Å². The number of anilines is 2. The van der Waals surface area contributed by atoms with Gasteiger partial charge in [-0.25, -0.2) is 9.97 Å². The van der Waals surface area contributed by atoms with Crippen LogP contribution in [0.5, 0.6) is 0 Å². The Morgan fingerprint density at radius 2 is 1.86 bits per heavy atom. The van der Waals surface area contributed by atoms with Crippen LogP contribution >= 0.6 is 0 Å². The second kappa shape index (κ2) is 7.47. The Labute approximate surface area is 165 Å². The minimum absolute atomic E-state index is 0.00594. The molecule has 0 atom stereocenters. The van der Waals surface area contributed by atoms with Gasteiger partial charge in [0.15, 0.2) is 5.76 Å². The van der Waals surface area contributed by atoms with Gasteiger partial charge in [0.25, 0.3) is 5.69 Å². The second-order valence-electron chi connectivity index (χ2n) is 6.45. The molecule has 144 valence electrons. The predicted molar refractivity (Wildman–Crippen MR) is 107 cm³/mol. The summed E-state index contributed by atoms with van der Waals surface area (Å²) < 4.78 is 5.30. The van der Waals surface area contributed by atoms with Crippen molar-refractivity contribution in [1.29, 1.82) is 0 Å². The first-order valence-corrected chi connectivity index (χ1v) is 8.73. The third-order valence-electron chi connectivity index (χ3n) is 4.38. The molecule has 29 heavy (non-hydrogen) atoms. The number of rotatable bonds is 5. The molecular weight excluding hydrogens is 372 g/mol. The highest BCUT2D eigenvalue weighted by Crippen LogP contribution is 2.28. The number of hydrogen-bond acceptors (Lipinski definition) is 8. The maximum absolute atomic E-state index is 11.0. The van der Waals surface area contributed by atoms with Crippen molar-refractivity contribution in [3.05, 3.63) is 76.4 Å². The number of pyridine rings is 1. The Morgan fingerprint density at radius 3 is 2.62 bits per heavy atom. The molecule has 9 heteroatoms. The molecule has 0 saturated heterocycles. The third-order valence-corrected chi connectivity index (χ3v) is 4.38. The lowest BCUT2D eigenvalue weighted by molar-refractivity contribution is -0.384. The van der Waals surface area contributed by atoms with Crippen LogP contribution in [-0.2, 0) is 0 Å². The van der Waals surface area contributed by atoms with Crippen LogP contribution in [0.15, 0.2) is 59.6 Å². The van der Waals surface area contributed by atoms with Crippen molar-refractivity contribution in [3.63, 3.8) is 0 Å². The quantitative estimate of drug-likeness (QED) is 0.393. The van der Waals surface area contributed by atoms with Crippen LogP contribution in [0.1, 0.15) is 11.1 Å². The lowest BCUT2D eigenvalue weighted by Gasteiger charge is -2.09. The largest absolute Gasteiger partial charge is 0.356 e.